The van der Waals surface area contributed by atoms with Crippen LogP contribution in [0.15, 0.2) is 54.2 Å². The Bertz CT molecular complexity index is 803. The van der Waals surface area contributed by atoms with Gasteiger partial charge in [0.1, 0.15) is 17.5 Å². The number of carbonyl (C=O) groups excluding carboxylic acids is 1. The van der Waals surface area contributed by atoms with Crippen LogP contribution in [-0.4, -0.2) is 10.9 Å². The molecule has 0 unspecified atom stereocenters. The molecule has 1 heterocycles. The van der Waals surface area contributed by atoms with Gasteiger partial charge in [-0.1, -0.05) is 38.1 Å². The molecule has 5 heteroatoms. The van der Waals surface area contributed by atoms with Crippen LogP contribution in [0.5, 0.6) is 0 Å². The minimum Gasteiger partial charge on any atom is -0.345 e. The SMILES string of the molecule is Cc1cccc(N/C=C(/C#N)C(=O)Nc2ccccc2C(C)C)n1. The minimum atomic E-state index is -0.453. The number of benzene rings is 1. The fourth-order valence-corrected chi connectivity index (χ4v) is 2.22. The van der Waals surface area contributed by atoms with Crippen molar-refractivity contribution in [2.24, 2.45) is 0 Å². The van der Waals surface area contributed by atoms with E-state index in [1.807, 2.05) is 49.4 Å². The molecule has 0 aliphatic heterocycles. The van der Waals surface area contributed by atoms with Crippen LogP contribution in [0.4, 0.5) is 11.5 Å². The van der Waals surface area contributed by atoms with Gasteiger partial charge in [0.2, 0.25) is 0 Å². The summed E-state index contributed by atoms with van der Waals surface area (Å²) in [5, 5.41) is 14.9. The van der Waals surface area contributed by atoms with E-state index in [2.05, 4.69) is 29.5 Å². The van der Waals surface area contributed by atoms with Gasteiger partial charge in [-0.2, -0.15) is 5.26 Å². The van der Waals surface area contributed by atoms with Crippen LogP contribution in [0, 0.1) is 18.3 Å². The molecule has 2 rings (SSSR count). The number of pyridine rings is 1. The van der Waals surface area contributed by atoms with Gasteiger partial charge in [0, 0.05) is 17.6 Å². The van der Waals surface area contributed by atoms with Crippen LogP contribution in [0.1, 0.15) is 31.0 Å². The topological polar surface area (TPSA) is 77.8 Å². The Balaban J connectivity index is 2.15. The number of rotatable bonds is 5. The number of amides is 1. The summed E-state index contributed by atoms with van der Waals surface area (Å²) in [7, 11) is 0. The van der Waals surface area contributed by atoms with Crippen molar-refractivity contribution in [2.45, 2.75) is 26.7 Å². The summed E-state index contributed by atoms with van der Waals surface area (Å²) in [4.78, 5) is 16.6. The third-order valence-electron chi connectivity index (χ3n) is 3.45. The van der Waals surface area contributed by atoms with Crippen molar-refractivity contribution in [3.8, 4) is 6.07 Å². The summed E-state index contributed by atoms with van der Waals surface area (Å²) in [5.74, 6) is 0.398. The Morgan fingerprint density at radius 3 is 2.62 bits per heavy atom. The molecule has 1 aromatic carbocycles. The zero-order chi connectivity index (χ0) is 17.5. The molecule has 1 amide bonds. The standard InChI is InChI=1S/C19H20N4O/c1-13(2)16-8-4-5-9-17(16)23-19(24)15(11-20)12-21-18-10-6-7-14(3)22-18/h4-10,12-13H,1-3H3,(H,21,22)(H,23,24)/b15-12-. The molecular weight excluding hydrogens is 300 g/mol. The number of carbonyl (C=O) groups is 1. The van der Waals surface area contributed by atoms with Gasteiger partial charge < -0.3 is 10.6 Å². The first-order valence-corrected chi connectivity index (χ1v) is 7.72. The molecule has 0 bridgehead atoms. The van der Waals surface area contributed by atoms with Crippen LogP contribution in [0.3, 0.4) is 0 Å². The van der Waals surface area contributed by atoms with E-state index in [1.165, 1.54) is 6.20 Å². The van der Waals surface area contributed by atoms with E-state index in [4.69, 9.17) is 0 Å². The summed E-state index contributed by atoms with van der Waals surface area (Å²) in [6.07, 6.45) is 1.37. The summed E-state index contributed by atoms with van der Waals surface area (Å²) < 4.78 is 0. The molecule has 0 aliphatic carbocycles. The van der Waals surface area contributed by atoms with Crippen molar-refractivity contribution < 1.29 is 4.79 Å². The Hall–Kier alpha value is -3.13. The highest BCUT2D eigenvalue weighted by Crippen LogP contribution is 2.24. The molecule has 0 radical (unpaired) electrons. The van der Waals surface area contributed by atoms with Crippen LogP contribution >= 0.6 is 0 Å². The maximum atomic E-state index is 12.3. The van der Waals surface area contributed by atoms with Crippen molar-refractivity contribution in [2.75, 3.05) is 10.6 Å². The number of aromatic nitrogens is 1. The smallest absolute Gasteiger partial charge is 0.267 e. The molecule has 2 aromatic rings. The zero-order valence-corrected chi connectivity index (χ0v) is 14.0. The van der Waals surface area contributed by atoms with Crippen molar-refractivity contribution in [3.05, 3.63) is 65.5 Å². The van der Waals surface area contributed by atoms with Gasteiger partial charge in [-0.25, -0.2) is 4.98 Å². The van der Waals surface area contributed by atoms with Gasteiger partial charge in [-0.3, -0.25) is 4.79 Å². The largest absolute Gasteiger partial charge is 0.345 e. The molecule has 24 heavy (non-hydrogen) atoms. The summed E-state index contributed by atoms with van der Waals surface area (Å²) in [6.45, 7) is 5.98. The lowest BCUT2D eigenvalue weighted by Gasteiger charge is -2.13. The minimum absolute atomic E-state index is 0.0168. The molecule has 1 aromatic heterocycles. The Labute approximate surface area is 142 Å². The van der Waals surface area contributed by atoms with Crippen LogP contribution < -0.4 is 10.6 Å². The quantitative estimate of drug-likeness (QED) is 0.645. The maximum Gasteiger partial charge on any atom is 0.267 e. The second-order valence-corrected chi connectivity index (χ2v) is 5.67. The Morgan fingerprint density at radius 2 is 1.96 bits per heavy atom. The van der Waals surface area contributed by atoms with E-state index < -0.39 is 5.91 Å². The number of nitrogens with zero attached hydrogens (tertiary/aromatic N) is 2. The lowest BCUT2D eigenvalue weighted by Crippen LogP contribution is -2.16. The monoisotopic (exact) mass is 320 g/mol. The van der Waals surface area contributed by atoms with Gasteiger partial charge in [0.25, 0.3) is 5.91 Å². The second-order valence-electron chi connectivity index (χ2n) is 5.67. The van der Waals surface area contributed by atoms with Crippen molar-refractivity contribution in [3.63, 3.8) is 0 Å². The maximum absolute atomic E-state index is 12.3. The normalized spacial score (nSPS) is 11.0. The number of nitrogens with one attached hydrogen (secondary N) is 2. The van der Waals surface area contributed by atoms with E-state index in [0.717, 1.165) is 11.3 Å². The van der Waals surface area contributed by atoms with E-state index in [-0.39, 0.29) is 11.5 Å². The van der Waals surface area contributed by atoms with Crippen LogP contribution in [0.2, 0.25) is 0 Å². The Kier molecular flexibility index (Phi) is 5.69. The molecule has 0 atom stereocenters. The molecule has 0 spiro atoms. The molecule has 122 valence electrons. The van der Waals surface area contributed by atoms with Gasteiger partial charge in [-0.15, -0.1) is 0 Å². The fourth-order valence-electron chi connectivity index (χ4n) is 2.22. The summed E-state index contributed by atoms with van der Waals surface area (Å²) >= 11 is 0. The molecule has 0 saturated heterocycles. The predicted molar refractivity (Wildman–Crippen MR) is 95.5 cm³/mol. The van der Waals surface area contributed by atoms with E-state index in [1.54, 1.807) is 6.07 Å². The molecule has 0 fully saturated rings. The highest BCUT2D eigenvalue weighted by Gasteiger charge is 2.13. The number of aryl methyl sites for hydroxylation is 1. The Morgan fingerprint density at radius 1 is 1.21 bits per heavy atom. The molecule has 0 aliphatic rings. The highest BCUT2D eigenvalue weighted by molar-refractivity contribution is 6.07. The highest BCUT2D eigenvalue weighted by atomic mass is 16.1. The zero-order valence-electron chi connectivity index (χ0n) is 14.0. The van der Waals surface area contributed by atoms with Gasteiger partial charge in [0.05, 0.1) is 0 Å². The first-order chi connectivity index (χ1) is 11.5. The number of nitriles is 1. The van der Waals surface area contributed by atoms with E-state index in [0.29, 0.717) is 11.5 Å². The lowest BCUT2D eigenvalue weighted by atomic mass is 10.0. The summed E-state index contributed by atoms with van der Waals surface area (Å²) in [6, 6.07) is 15.0. The first kappa shape index (κ1) is 17.2. The molecule has 2 N–H and O–H groups in total. The fraction of sp³-hybridized carbons (Fsp3) is 0.211. The van der Waals surface area contributed by atoms with Crippen molar-refractivity contribution in [1.29, 1.82) is 5.26 Å². The van der Waals surface area contributed by atoms with E-state index in [9.17, 15) is 10.1 Å². The van der Waals surface area contributed by atoms with Crippen LogP contribution in [-0.2, 0) is 4.79 Å². The number of hydrogen-bond acceptors (Lipinski definition) is 4. The summed E-state index contributed by atoms with van der Waals surface area (Å²) in [5.41, 5.74) is 2.57. The molecule has 0 saturated carbocycles. The predicted octanol–water partition coefficient (Wildman–Crippen LogP) is 3.97. The van der Waals surface area contributed by atoms with Gasteiger partial charge in [-0.05, 0) is 36.6 Å². The number of hydrogen-bond donors (Lipinski definition) is 2. The molecular formula is C19H20N4O. The molecule has 5 nitrogen and oxygen atoms in total. The van der Waals surface area contributed by atoms with Crippen molar-refractivity contribution in [1.82, 2.24) is 4.98 Å². The average molecular weight is 320 g/mol. The first-order valence-electron chi connectivity index (χ1n) is 7.72. The second kappa shape index (κ2) is 7.93. The third kappa shape index (κ3) is 4.43. The lowest BCUT2D eigenvalue weighted by molar-refractivity contribution is -0.112. The van der Waals surface area contributed by atoms with Crippen molar-refractivity contribution >= 4 is 17.4 Å². The van der Waals surface area contributed by atoms with Gasteiger partial charge >= 0.3 is 0 Å². The third-order valence-corrected chi connectivity index (χ3v) is 3.45. The van der Waals surface area contributed by atoms with E-state index >= 15 is 0 Å². The number of para-hydroxylation sites is 1. The number of anilines is 2. The van der Waals surface area contributed by atoms with Crippen LogP contribution in [0.25, 0.3) is 0 Å². The average Bonchev–Trinajstić information content (AvgIpc) is 2.55. The van der Waals surface area contributed by atoms with Gasteiger partial charge in [0.15, 0.2) is 0 Å².